The molecule has 0 aliphatic carbocycles. The molecule has 0 fully saturated rings. The maximum Gasteiger partial charge on any atom is 0.193 e. The van der Waals surface area contributed by atoms with Crippen molar-refractivity contribution in [2.24, 2.45) is 10.7 Å². The average molecular weight is 404 g/mol. The molecule has 0 radical (unpaired) electrons. The van der Waals surface area contributed by atoms with E-state index in [1.807, 2.05) is 30.3 Å². The fourth-order valence-corrected chi connectivity index (χ4v) is 2.17. The number of nitrogens with zero attached hydrogens (tertiary/aromatic N) is 2. The number of rotatable bonds is 9. The molecule has 120 valence electrons. The van der Waals surface area contributed by atoms with E-state index in [1.54, 1.807) is 0 Å². The van der Waals surface area contributed by atoms with Crippen molar-refractivity contribution < 1.29 is 0 Å². The maximum atomic E-state index is 5.87. The number of benzene rings is 1. The monoisotopic (exact) mass is 404 g/mol. The lowest BCUT2D eigenvalue weighted by Gasteiger charge is -2.20. The summed E-state index contributed by atoms with van der Waals surface area (Å²) < 4.78 is 0. The molecule has 0 aliphatic heterocycles. The third-order valence-corrected chi connectivity index (χ3v) is 3.04. The van der Waals surface area contributed by atoms with Crippen molar-refractivity contribution in [3.8, 4) is 0 Å². The molecule has 0 saturated carbocycles. The maximum absolute atomic E-state index is 5.87. The minimum atomic E-state index is 0. The first-order chi connectivity index (χ1) is 9.76. The molecule has 0 bridgehead atoms. The second kappa shape index (κ2) is 12.9. The molecule has 21 heavy (non-hydrogen) atoms. The molecule has 0 saturated heterocycles. The van der Waals surface area contributed by atoms with Gasteiger partial charge in [-0.2, -0.15) is 0 Å². The number of hydrogen-bond acceptors (Lipinski definition) is 2. The summed E-state index contributed by atoms with van der Waals surface area (Å²) >= 11 is 0. The van der Waals surface area contributed by atoms with Gasteiger partial charge in [0.25, 0.3) is 0 Å². The highest BCUT2D eigenvalue weighted by Gasteiger charge is 2.01. The van der Waals surface area contributed by atoms with Crippen molar-refractivity contribution >= 4 is 35.6 Å². The normalized spacial score (nSPS) is 11.3. The summed E-state index contributed by atoms with van der Waals surface area (Å²) in [6.07, 6.45) is 3.47. The molecule has 0 atom stereocenters. The number of nitrogens with one attached hydrogen (secondary N) is 1. The topological polar surface area (TPSA) is 53.6 Å². The average Bonchev–Trinajstić information content (AvgIpc) is 2.45. The van der Waals surface area contributed by atoms with E-state index in [9.17, 15) is 0 Å². The van der Waals surface area contributed by atoms with Crippen LogP contribution in [0.5, 0.6) is 0 Å². The molecule has 0 aromatic heterocycles. The summed E-state index contributed by atoms with van der Waals surface area (Å²) in [5.41, 5.74) is 6.84. The summed E-state index contributed by atoms with van der Waals surface area (Å²) in [6, 6.07) is 9.89. The van der Waals surface area contributed by atoms with Crippen LogP contribution in [-0.2, 0) is 0 Å². The number of guanidine groups is 1. The van der Waals surface area contributed by atoms with Gasteiger partial charge in [0.2, 0.25) is 0 Å². The van der Waals surface area contributed by atoms with Crippen LogP contribution in [0, 0.1) is 0 Å². The van der Waals surface area contributed by atoms with Crippen molar-refractivity contribution in [3.63, 3.8) is 0 Å². The second-order valence-corrected chi connectivity index (χ2v) is 4.95. The van der Waals surface area contributed by atoms with Gasteiger partial charge in [-0.3, -0.25) is 4.99 Å². The van der Waals surface area contributed by atoms with Gasteiger partial charge in [-0.15, -0.1) is 24.0 Å². The fraction of sp³-hybridized carbons (Fsp3) is 0.562. The number of para-hydroxylation sites is 1. The Morgan fingerprint density at radius 3 is 2.29 bits per heavy atom. The zero-order valence-electron chi connectivity index (χ0n) is 13.2. The first-order valence-corrected chi connectivity index (χ1v) is 7.60. The van der Waals surface area contributed by atoms with E-state index >= 15 is 0 Å². The summed E-state index contributed by atoms with van der Waals surface area (Å²) in [5, 5.41) is 3.09. The lowest BCUT2D eigenvalue weighted by Crippen LogP contribution is -2.27. The van der Waals surface area contributed by atoms with Crippen LogP contribution in [0.1, 0.15) is 33.1 Å². The molecule has 4 nitrogen and oxygen atoms in total. The first kappa shape index (κ1) is 20.2. The number of halogens is 1. The SMILES string of the molecule is CCCN(CCC)CCCN=C(N)Nc1ccccc1.I. The van der Waals surface area contributed by atoms with E-state index in [1.165, 1.54) is 25.9 Å². The van der Waals surface area contributed by atoms with Gasteiger partial charge >= 0.3 is 0 Å². The standard InChI is InChI=1S/C16H28N4.HI/c1-3-12-20(13-4-2)14-8-11-18-16(17)19-15-9-6-5-7-10-15;/h5-7,9-10H,3-4,8,11-14H2,1-2H3,(H3,17,18,19);1H. The zero-order valence-corrected chi connectivity index (χ0v) is 15.5. The van der Waals surface area contributed by atoms with Gasteiger partial charge < -0.3 is 16.0 Å². The molecule has 0 amide bonds. The highest BCUT2D eigenvalue weighted by molar-refractivity contribution is 14.0. The predicted octanol–water partition coefficient (Wildman–Crippen LogP) is 3.54. The third-order valence-electron chi connectivity index (χ3n) is 3.04. The van der Waals surface area contributed by atoms with Crippen LogP contribution in [0.3, 0.4) is 0 Å². The molecule has 0 spiro atoms. The molecule has 0 heterocycles. The Morgan fingerprint density at radius 1 is 1.10 bits per heavy atom. The van der Waals surface area contributed by atoms with Crippen LogP contribution >= 0.6 is 24.0 Å². The molecular formula is C16H29IN4. The quantitative estimate of drug-likeness (QED) is 0.287. The van der Waals surface area contributed by atoms with Gasteiger partial charge in [0.1, 0.15) is 0 Å². The van der Waals surface area contributed by atoms with Crippen molar-refractivity contribution in [1.82, 2.24) is 4.90 Å². The molecule has 0 unspecified atom stereocenters. The van der Waals surface area contributed by atoms with Gasteiger partial charge in [-0.25, -0.2) is 0 Å². The van der Waals surface area contributed by atoms with Crippen LogP contribution in [0.2, 0.25) is 0 Å². The predicted molar refractivity (Wildman–Crippen MR) is 104 cm³/mol. The van der Waals surface area contributed by atoms with Crippen LogP contribution < -0.4 is 11.1 Å². The number of aliphatic imine (C=N–C) groups is 1. The highest BCUT2D eigenvalue weighted by Crippen LogP contribution is 2.04. The van der Waals surface area contributed by atoms with Crippen molar-refractivity contribution in [3.05, 3.63) is 30.3 Å². The molecule has 1 aromatic carbocycles. The van der Waals surface area contributed by atoms with E-state index in [4.69, 9.17) is 5.73 Å². The van der Waals surface area contributed by atoms with Gasteiger partial charge in [0.05, 0.1) is 0 Å². The summed E-state index contributed by atoms with van der Waals surface area (Å²) in [6.45, 7) is 8.68. The molecule has 3 N–H and O–H groups in total. The Balaban J connectivity index is 0.00000400. The van der Waals surface area contributed by atoms with E-state index in [-0.39, 0.29) is 24.0 Å². The Labute approximate surface area is 146 Å². The highest BCUT2D eigenvalue weighted by atomic mass is 127. The van der Waals surface area contributed by atoms with Gasteiger partial charge in [0.15, 0.2) is 5.96 Å². The number of hydrogen-bond donors (Lipinski definition) is 2. The Hall–Kier alpha value is -0.820. The minimum absolute atomic E-state index is 0. The Kier molecular flexibility index (Phi) is 12.4. The minimum Gasteiger partial charge on any atom is -0.370 e. The van der Waals surface area contributed by atoms with E-state index in [2.05, 4.69) is 29.1 Å². The van der Waals surface area contributed by atoms with Crippen molar-refractivity contribution in [1.29, 1.82) is 0 Å². The van der Waals surface area contributed by atoms with E-state index in [0.29, 0.717) is 5.96 Å². The van der Waals surface area contributed by atoms with Gasteiger partial charge in [0, 0.05) is 12.2 Å². The van der Waals surface area contributed by atoms with Crippen molar-refractivity contribution in [2.75, 3.05) is 31.5 Å². The second-order valence-electron chi connectivity index (χ2n) is 4.95. The molecular weight excluding hydrogens is 375 g/mol. The zero-order chi connectivity index (χ0) is 14.6. The van der Waals surface area contributed by atoms with E-state index in [0.717, 1.165) is 25.2 Å². The smallest absolute Gasteiger partial charge is 0.193 e. The third kappa shape index (κ3) is 9.68. The summed E-state index contributed by atoms with van der Waals surface area (Å²) in [5.74, 6) is 0.494. The lowest BCUT2D eigenvalue weighted by atomic mass is 10.3. The Morgan fingerprint density at radius 2 is 1.71 bits per heavy atom. The largest absolute Gasteiger partial charge is 0.370 e. The van der Waals surface area contributed by atoms with Crippen molar-refractivity contribution in [2.45, 2.75) is 33.1 Å². The van der Waals surface area contributed by atoms with Gasteiger partial charge in [-0.05, 0) is 51.0 Å². The van der Waals surface area contributed by atoms with Crippen LogP contribution in [0.15, 0.2) is 35.3 Å². The van der Waals surface area contributed by atoms with E-state index < -0.39 is 0 Å². The summed E-state index contributed by atoms with van der Waals surface area (Å²) in [4.78, 5) is 6.86. The molecule has 5 heteroatoms. The number of anilines is 1. The summed E-state index contributed by atoms with van der Waals surface area (Å²) in [7, 11) is 0. The van der Waals surface area contributed by atoms with Crippen LogP contribution in [-0.4, -0.2) is 37.0 Å². The number of nitrogens with two attached hydrogens (primary N) is 1. The molecule has 0 aliphatic rings. The lowest BCUT2D eigenvalue weighted by molar-refractivity contribution is 0.273. The fourth-order valence-electron chi connectivity index (χ4n) is 2.17. The first-order valence-electron chi connectivity index (χ1n) is 7.60. The van der Waals surface area contributed by atoms with Gasteiger partial charge in [-0.1, -0.05) is 32.0 Å². The molecule has 1 aromatic rings. The van der Waals surface area contributed by atoms with Crippen LogP contribution in [0.25, 0.3) is 0 Å². The van der Waals surface area contributed by atoms with Crippen LogP contribution in [0.4, 0.5) is 5.69 Å². The Bertz CT molecular complexity index is 375. The molecule has 1 rings (SSSR count).